The summed E-state index contributed by atoms with van der Waals surface area (Å²) in [5.74, 6) is -0.809. The Morgan fingerprint density at radius 1 is 1.16 bits per heavy atom. The van der Waals surface area contributed by atoms with Crippen LogP contribution in [-0.4, -0.2) is 62.2 Å². The molecule has 1 N–H and O–H groups in total. The van der Waals surface area contributed by atoms with Crippen LogP contribution in [0.3, 0.4) is 0 Å². The number of amides is 1. The molecule has 1 saturated heterocycles. The number of carboxylic acids is 1. The van der Waals surface area contributed by atoms with E-state index in [1.165, 1.54) is 0 Å². The Kier molecular flexibility index (Phi) is 7.03. The normalized spacial score (nSPS) is 17.4. The molecule has 1 aromatic heterocycles. The van der Waals surface area contributed by atoms with E-state index >= 15 is 0 Å². The molecule has 0 saturated carbocycles. The Morgan fingerprint density at radius 3 is 2.47 bits per heavy atom. The lowest BCUT2D eigenvalue weighted by molar-refractivity contribution is -0.144. The number of rotatable bonds is 8. The Bertz CT molecular complexity index is 949. The fourth-order valence-electron chi connectivity index (χ4n) is 4.24. The molecule has 32 heavy (non-hydrogen) atoms. The first kappa shape index (κ1) is 23.9. The molecule has 0 radical (unpaired) electrons. The van der Waals surface area contributed by atoms with Crippen molar-refractivity contribution < 1.29 is 19.4 Å². The zero-order valence-corrected chi connectivity index (χ0v) is 19.7. The third-order valence-corrected chi connectivity index (χ3v) is 6.68. The van der Waals surface area contributed by atoms with Crippen molar-refractivity contribution in [1.29, 1.82) is 0 Å². The summed E-state index contributed by atoms with van der Waals surface area (Å²) in [5, 5.41) is 17.6. The molecule has 8 nitrogen and oxygen atoms in total. The molecule has 0 spiro atoms. The lowest BCUT2D eigenvalue weighted by atomic mass is 9.83. The second kappa shape index (κ2) is 9.40. The molecule has 1 amide bonds. The Hall–Kier alpha value is -2.74. The Balaban J connectivity index is 1.67. The van der Waals surface area contributed by atoms with Crippen molar-refractivity contribution in [3.63, 3.8) is 0 Å². The summed E-state index contributed by atoms with van der Waals surface area (Å²) in [6, 6.07) is 6.57. The predicted octanol–water partition coefficient (Wildman–Crippen LogP) is 3.83. The highest BCUT2D eigenvalue weighted by atomic mass is 16.5. The topological polar surface area (TPSA) is 97.5 Å². The van der Waals surface area contributed by atoms with E-state index in [-0.39, 0.29) is 28.5 Å². The summed E-state index contributed by atoms with van der Waals surface area (Å²) in [6.45, 7) is 9.01. The van der Waals surface area contributed by atoms with Crippen molar-refractivity contribution in [2.24, 2.45) is 0 Å². The van der Waals surface area contributed by atoms with Crippen LogP contribution < -0.4 is 0 Å². The highest BCUT2D eigenvalue weighted by molar-refractivity contribution is 5.87. The summed E-state index contributed by atoms with van der Waals surface area (Å²) in [5.41, 5.74) is 1.04. The molecule has 1 atom stereocenters. The predicted molar refractivity (Wildman–Crippen MR) is 121 cm³/mol. The van der Waals surface area contributed by atoms with Gasteiger partial charge in [-0.3, -0.25) is 4.79 Å². The van der Waals surface area contributed by atoms with E-state index in [2.05, 4.69) is 38.0 Å². The van der Waals surface area contributed by atoms with Crippen LogP contribution in [0.1, 0.15) is 75.9 Å². The van der Waals surface area contributed by atoms with E-state index in [0.29, 0.717) is 12.8 Å². The molecule has 1 aliphatic rings. The molecule has 1 fully saturated rings. The maximum atomic E-state index is 13.1. The lowest BCUT2D eigenvalue weighted by Gasteiger charge is -2.44. The van der Waals surface area contributed by atoms with Crippen molar-refractivity contribution in [2.75, 3.05) is 13.7 Å². The second-order valence-corrected chi connectivity index (χ2v) is 9.69. The molecule has 3 rings (SSSR count). The third-order valence-electron chi connectivity index (χ3n) is 6.68. The summed E-state index contributed by atoms with van der Waals surface area (Å²) >= 11 is 0. The zero-order valence-electron chi connectivity index (χ0n) is 19.7. The number of hydrogen-bond acceptors (Lipinski definition) is 5. The minimum absolute atomic E-state index is 0.0894. The van der Waals surface area contributed by atoms with Crippen LogP contribution in [-0.2, 0) is 14.9 Å². The van der Waals surface area contributed by atoms with Gasteiger partial charge in [0.1, 0.15) is 0 Å². The molecule has 174 valence electrons. The van der Waals surface area contributed by atoms with Crippen LogP contribution in [0.4, 0.5) is 0 Å². The molecule has 8 heteroatoms. The summed E-state index contributed by atoms with van der Waals surface area (Å²) in [7, 11) is 1.71. The molecule has 2 heterocycles. The number of hydrogen-bond donors (Lipinski definition) is 1. The number of aromatic carboxylic acids is 1. The molecule has 0 aliphatic carbocycles. The maximum Gasteiger partial charge on any atom is 0.335 e. The van der Waals surface area contributed by atoms with E-state index < -0.39 is 5.97 Å². The quantitative estimate of drug-likeness (QED) is 0.667. The smallest absolute Gasteiger partial charge is 0.335 e. The van der Waals surface area contributed by atoms with Gasteiger partial charge >= 0.3 is 5.97 Å². The van der Waals surface area contributed by atoms with Gasteiger partial charge < -0.3 is 14.7 Å². The van der Waals surface area contributed by atoms with Crippen molar-refractivity contribution >= 4 is 11.9 Å². The first-order valence-corrected chi connectivity index (χ1v) is 11.2. The van der Waals surface area contributed by atoms with Crippen LogP contribution >= 0.6 is 0 Å². The van der Waals surface area contributed by atoms with Gasteiger partial charge in [0.25, 0.3) is 0 Å². The monoisotopic (exact) mass is 442 g/mol. The lowest BCUT2D eigenvalue weighted by Crippen LogP contribution is -2.55. The number of likely N-dealkylation sites (tertiary alicyclic amines) is 1. The minimum atomic E-state index is -0.966. The van der Waals surface area contributed by atoms with Crippen LogP contribution in [0.25, 0.3) is 5.69 Å². The van der Waals surface area contributed by atoms with Crippen molar-refractivity contribution in [3.8, 4) is 5.69 Å². The van der Waals surface area contributed by atoms with E-state index in [0.717, 1.165) is 37.2 Å². The van der Waals surface area contributed by atoms with Gasteiger partial charge in [0.05, 0.1) is 34.8 Å². The van der Waals surface area contributed by atoms with Crippen molar-refractivity contribution in [2.45, 2.75) is 76.9 Å². The van der Waals surface area contributed by atoms with Gasteiger partial charge in [-0.2, -0.15) is 0 Å². The Morgan fingerprint density at radius 2 is 1.84 bits per heavy atom. The van der Waals surface area contributed by atoms with Gasteiger partial charge in [-0.15, -0.1) is 5.10 Å². The van der Waals surface area contributed by atoms with Crippen LogP contribution in [0.5, 0.6) is 0 Å². The SMILES string of the molecule is COC(C)(C)[C@@H]1CCCCN1C(=O)CCC(C)(C)c1cn(-c2ccc(C(=O)O)cc2)nn1. The number of methoxy groups -OCH3 is 1. The van der Waals surface area contributed by atoms with E-state index in [4.69, 9.17) is 9.84 Å². The Labute approximate surface area is 189 Å². The van der Waals surface area contributed by atoms with Crippen LogP contribution in [0.15, 0.2) is 30.5 Å². The zero-order chi connectivity index (χ0) is 23.5. The molecule has 1 aromatic carbocycles. The summed E-state index contributed by atoms with van der Waals surface area (Å²) in [6.07, 6.45) is 6.04. The highest BCUT2D eigenvalue weighted by Crippen LogP contribution is 2.31. The van der Waals surface area contributed by atoms with Gasteiger partial charge in [0, 0.05) is 25.5 Å². The largest absolute Gasteiger partial charge is 0.478 e. The molecule has 2 aromatic rings. The molecule has 1 aliphatic heterocycles. The fraction of sp³-hybridized carbons (Fsp3) is 0.583. The van der Waals surface area contributed by atoms with Crippen LogP contribution in [0, 0.1) is 0 Å². The average molecular weight is 443 g/mol. The average Bonchev–Trinajstić information content (AvgIpc) is 3.29. The maximum absolute atomic E-state index is 13.1. The van der Waals surface area contributed by atoms with Gasteiger partial charge in [0.15, 0.2) is 0 Å². The standard InChI is InChI=1S/C24H34N4O4/c1-23(2,14-13-21(29)27-15-7-6-8-20(27)24(3,4)32-5)19-16-28(26-25-19)18-11-9-17(10-12-18)22(30)31/h9-12,16,20H,6-8,13-15H2,1-5H3,(H,30,31)/t20-/m0/s1. The van der Waals surface area contributed by atoms with Gasteiger partial charge in [-0.1, -0.05) is 19.1 Å². The number of ether oxygens (including phenoxy) is 1. The van der Waals surface area contributed by atoms with Crippen molar-refractivity contribution in [3.05, 3.63) is 41.7 Å². The number of carboxylic acid groups (broad SMARTS) is 1. The van der Waals surface area contributed by atoms with Crippen molar-refractivity contribution in [1.82, 2.24) is 19.9 Å². The third kappa shape index (κ3) is 5.18. The summed E-state index contributed by atoms with van der Waals surface area (Å²) < 4.78 is 7.32. The number of nitrogens with zero attached hydrogens (tertiary/aromatic N) is 4. The van der Waals surface area contributed by atoms with Gasteiger partial charge in [-0.25, -0.2) is 9.48 Å². The molecular formula is C24H34N4O4. The van der Waals surface area contributed by atoms with E-state index in [9.17, 15) is 9.59 Å². The van der Waals surface area contributed by atoms with Gasteiger partial charge in [-0.05, 0) is 63.8 Å². The first-order valence-electron chi connectivity index (χ1n) is 11.2. The highest BCUT2D eigenvalue weighted by Gasteiger charge is 2.38. The first-order chi connectivity index (χ1) is 15.0. The number of piperidine rings is 1. The fourth-order valence-corrected chi connectivity index (χ4v) is 4.24. The van der Waals surface area contributed by atoms with E-state index in [1.54, 1.807) is 36.1 Å². The minimum Gasteiger partial charge on any atom is -0.478 e. The number of carbonyl (C=O) groups excluding carboxylic acids is 1. The number of aromatic nitrogens is 3. The molecule has 0 bridgehead atoms. The number of carbonyl (C=O) groups is 2. The van der Waals surface area contributed by atoms with E-state index in [1.807, 2.05) is 11.1 Å². The van der Waals surface area contributed by atoms with Crippen LogP contribution in [0.2, 0.25) is 0 Å². The van der Waals surface area contributed by atoms with Gasteiger partial charge in [0.2, 0.25) is 5.91 Å². The molecular weight excluding hydrogens is 408 g/mol. The summed E-state index contributed by atoms with van der Waals surface area (Å²) in [4.78, 5) is 26.2. The number of benzene rings is 1. The molecule has 0 unspecified atom stereocenters. The second-order valence-electron chi connectivity index (χ2n) is 9.69.